The Labute approximate surface area is 218 Å². The minimum Gasteiger partial charge on any atom is -0.394 e. The Balaban J connectivity index is 2.20. The van der Waals surface area contributed by atoms with Gasteiger partial charge >= 0.3 is 0 Å². The number of aliphatic hydroxyl groups excluding tert-OH is 3. The molecule has 0 aromatic carbocycles. The normalized spacial score (nSPS) is 21.1. The first-order valence-electron chi connectivity index (χ1n) is 13.9. The molecule has 0 aromatic rings. The van der Waals surface area contributed by atoms with E-state index in [1.165, 1.54) is 44.9 Å². The summed E-state index contributed by atoms with van der Waals surface area (Å²) in [6, 6.07) is 0. The number of rotatable bonds is 26. The summed E-state index contributed by atoms with van der Waals surface area (Å²) in [5.74, 6) is 0. The maximum Gasteiger partial charge on any atom is 0.115 e. The number of hydrogen-bond donors (Lipinski definition) is 3. The largest absolute Gasteiger partial charge is 0.394 e. The molecule has 1 heterocycles. The molecule has 0 aromatic heterocycles. The van der Waals surface area contributed by atoms with Gasteiger partial charge in [-0.2, -0.15) is 0 Å². The highest BCUT2D eigenvalue weighted by Gasteiger charge is 2.44. The summed E-state index contributed by atoms with van der Waals surface area (Å²) in [5.41, 5.74) is 0. The summed E-state index contributed by atoms with van der Waals surface area (Å²) < 4.78 is 34.5. The highest BCUT2D eigenvalue weighted by molar-refractivity contribution is 4.91. The molecule has 9 heteroatoms. The van der Waals surface area contributed by atoms with Crippen molar-refractivity contribution >= 4 is 0 Å². The fourth-order valence-corrected chi connectivity index (χ4v) is 4.11. The van der Waals surface area contributed by atoms with Crippen molar-refractivity contribution < 1.29 is 43.7 Å². The Morgan fingerprint density at radius 3 is 2.17 bits per heavy atom. The number of hydrogen-bond acceptors (Lipinski definition) is 9. The molecule has 0 radical (unpaired) electrons. The average molecular weight is 521 g/mol. The van der Waals surface area contributed by atoms with Gasteiger partial charge in [0.15, 0.2) is 0 Å². The van der Waals surface area contributed by atoms with Crippen molar-refractivity contribution in [3.8, 4) is 0 Å². The SMILES string of the molecule is CCCCCCCC/C=C\CCCOCCOCC(OCCO)[C@H]1OC[C@@H](OCCO)[C@@H]1OCCO. The minimum absolute atomic E-state index is 0.100. The molecule has 9 nitrogen and oxygen atoms in total. The maximum atomic E-state index is 9.20. The number of aliphatic hydroxyl groups is 3. The van der Waals surface area contributed by atoms with Gasteiger partial charge in [-0.1, -0.05) is 51.2 Å². The standard InChI is InChI=1S/C27H52O9/c1-2-3-4-5-6-7-8-9-10-11-12-16-31-20-21-32-22-24(33-17-13-28)27-26(35-19-15-30)25(23-36-27)34-18-14-29/h9-10,24-30H,2-8,11-23H2,1H3/b10-9-/t24?,25-,26+,27-/m1/s1. The van der Waals surface area contributed by atoms with Crippen LogP contribution in [0.1, 0.15) is 64.7 Å². The van der Waals surface area contributed by atoms with Crippen molar-refractivity contribution in [1.82, 2.24) is 0 Å². The lowest BCUT2D eigenvalue weighted by Crippen LogP contribution is -2.45. The first kappa shape index (κ1) is 33.4. The lowest BCUT2D eigenvalue weighted by Gasteiger charge is -2.29. The molecule has 4 atom stereocenters. The van der Waals surface area contributed by atoms with E-state index in [9.17, 15) is 5.11 Å². The average Bonchev–Trinajstić information content (AvgIpc) is 3.29. The second kappa shape index (κ2) is 24.7. The van der Waals surface area contributed by atoms with E-state index in [-0.39, 0.29) is 59.0 Å². The van der Waals surface area contributed by atoms with Gasteiger partial charge in [-0.15, -0.1) is 0 Å². The molecule has 36 heavy (non-hydrogen) atoms. The molecular formula is C27H52O9. The van der Waals surface area contributed by atoms with Crippen LogP contribution in [-0.2, 0) is 28.4 Å². The number of ether oxygens (including phenoxy) is 6. The maximum absolute atomic E-state index is 9.20. The van der Waals surface area contributed by atoms with Crippen molar-refractivity contribution in [3.63, 3.8) is 0 Å². The molecule has 1 fully saturated rings. The molecule has 1 aliphatic heterocycles. The van der Waals surface area contributed by atoms with E-state index in [2.05, 4.69) is 19.1 Å². The van der Waals surface area contributed by atoms with E-state index < -0.39 is 18.3 Å². The molecule has 3 N–H and O–H groups in total. The van der Waals surface area contributed by atoms with Gasteiger partial charge in [0, 0.05) is 6.61 Å². The van der Waals surface area contributed by atoms with Crippen LogP contribution in [-0.4, -0.2) is 112 Å². The van der Waals surface area contributed by atoms with Crippen LogP contribution in [0.2, 0.25) is 0 Å². The summed E-state index contributed by atoms with van der Waals surface area (Å²) in [6.07, 6.45) is 13.9. The molecule has 1 rings (SSSR count). The molecule has 0 bridgehead atoms. The van der Waals surface area contributed by atoms with Crippen LogP contribution in [0, 0.1) is 0 Å². The molecule has 0 saturated carbocycles. The lowest BCUT2D eigenvalue weighted by molar-refractivity contribution is -0.136. The van der Waals surface area contributed by atoms with E-state index in [0.717, 1.165) is 12.8 Å². The molecular weight excluding hydrogens is 468 g/mol. The summed E-state index contributed by atoms with van der Waals surface area (Å²) in [5, 5.41) is 27.4. The van der Waals surface area contributed by atoms with Crippen LogP contribution in [0.5, 0.6) is 0 Å². The predicted molar refractivity (Wildman–Crippen MR) is 138 cm³/mol. The summed E-state index contributed by atoms with van der Waals surface area (Å²) >= 11 is 0. The van der Waals surface area contributed by atoms with Crippen molar-refractivity contribution in [3.05, 3.63) is 12.2 Å². The van der Waals surface area contributed by atoms with E-state index in [0.29, 0.717) is 19.8 Å². The van der Waals surface area contributed by atoms with Crippen molar-refractivity contribution in [2.24, 2.45) is 0 Å². The Morgan fingerprint density at radius 1 is 0.750 bits per heavy atom. The van der Waals surface area contributed by atoms with Gasteiger partial charge in [0.1, 0.15) is 24.4 Å². The monoisotopic (exact) mass is 520 g/mol. The third kappa shape index (κ3) is 16.3. The molecule has 1 aliphatic rings. The molecule has 0 amide bonds. The zero-order valence-electron chi connectivity index (χ0n) is 22.4. The summed E-state index contributed by atoms with van der Waals surface area (Å²) in [7, 11) is 0. The molecule has 0 spiro atoms. The van der Waals surface area contributed by atoms with E-state index in [4.69, 9.17) is 38.6 Å². The second-order valence-corrected chi connectivity index (χ2v) is 8.98. The highest BCUT2D eigenvalue weighted by atomic mass is 16.6. The van der Waals surface area contributed by atoms with E-state index in [1.807, 2.05) is 0 Å². The third-order valence-electron chi connectivity index (χ3n) is 5.96. The first-order chi connectivity index (χ1) is 17.8. The fraction of sp³-hybridized carbons (Fsp3) is 0.926. The van der Waals surface area contributed by atoms with Crippen LogP contribution >= 0.6 is 0 Å². The zero-order chi connectivity index (χ0) is 26.1. The Bertz CT molecular complexity index is 492. The van der Waals surface area contributed by atoms with Gasteiger partial charge in [-0.05, 0) is 25.7 Å². The smallest absolute Gasteiger partial charge is 0.115 e. The van der Waals surface area contributed by atoms with Crippen LogP contribution in [0.4, 0.5) is 0 Å². The molecule has 214 valence electrons. The molecule has 0 aliphatic carbocycles. The van der Waals surface area contributed by atoms with Crippen molar-refractivity contribution in [1.29, 1.82) is 0 Å². The van der Waals surface area contributed by atoms with Crippen molar-refractivity contribution in [2.45, 2.75) is 89.1 Å². The fourth-order valence-electron chi connectivity index (χ4n) is 4.11. The molecule has 1 saturated heterocycles. The Kier molecular flexibility index (Phi) is 22.9. The first-order valence-corrected chi connectivity index (χ1v) is 13.9. The zero-order valence-corrected chi connectivity index (χ0v) is 22.4. The van der Waals surface area contributed by atoms with Crippen LogP contribution < -0.4 is 0 Å². The van der Waals surface area contributed by atoms with Gasteiger partial charge in [-0.25, -0.2) is 0 Å². The third-order valence-corrected chi connectivity index (χ3v) is 5.96. The number of unbranched alkanes of at least 4 members (excludes halogenated alkanes) is 7. The van der Waals surface area contributed by atoms with Crippen LogP contribution in [0.15, 0.2) is 12.2 Å². The topological polar surface area (TPSA) is 116 Å². The van der Waals surface area contributed by atoms with Crippen LogP contribution in [0.3, 0.4) is 0 Å². The van der Waals surface area contributed by atoms with Gasteiger partial charge < -0.3 is 43.7 Å². The van der Waals surface area contributed by atoms with E-state index in [1.54, 1.807) is 0 Å². The van der Waals surface area contributed by atoms with Crippen LogP contribution in [0.25, 0.3) is 0 Å². The number of allylic oxidation sites excluding steroid dienone is 2. The van der Waals surface area contributed by atoms with Gasteiger partial charge in [0.05, 0.1) is 66.1 Å². The van der Waals surface area contributed by atoms with E-state index >= 15 is 0 Å². The lowest BCUT2D eigenvalue weighted by atomic mass is 10.1. The summed E-state index contributed by atoms with van der Waals surface area (Å²) in [6.45, 7) is 4.51. The van der Waals surface area contributed by atoms with Gasteiger partial charge in [-0.3, -0.25) is 0 Å². The Morgan fingerprint density at radius 2 is 1.42 bits per heavy atom. The van der Waals surface area contributed by atoms with Gasteiger partial charge in [0.25, 0.3) is 0 Å². The Hall–Kier alpha value is -0.620. The minimum atomic E-state index is -0.476. The summed E-state index contributed by atoms with van der Waals surface area (Å²) in [4.78, 5) is 0. The predicted octanol–water partition coefficient (Wildman–Crippen LogP) is 2.64. The highest BCUT2D eigenvalue weighted by Crippen LogP contribution is 2.25. The van der Waals surface area contributed by atoms with Gasteiger partial charge in [0.2, 0.25) is 0 Å². The molecule has 1 unspecified atom stereocenters. The van der Waals surface area contributed by atoms with Crippen molar-refractivity contribution in [2.75, 3.05) is 72.7 Å². The quantitative estimate of drug-likeness (QED) is 0.117. The second-order valence-electron chi connectivity index (χ2n) is 8.98.